The highest BCUT2D eigenvalue weighted by atomic mass is 16.2. The van der Waals surface area contributed by atoms with Gasteiger partial charge in [0.05, 0.1) is 12.1 Å². The highest BCUT2D eigenvalue weighted by Gasteiger charge is 2.28. The van der Waals surface area contributed by atoms with Crippen molar-refractivity contribution in [3.05, 3.63) is 71.8 Å². The number of amidine groups is 2. The van der Waals surface area contributed by atoms with Gasteiger partial charge in [-0.3, -0.25) is 0 Å². The summed E-state index contributed by atoms with van der Waals surface area (Å²) in [5.74, 6) is 0.585. The van der Waals surface area contributed by atoms with E-state index in [1.165, 1.54) is 10.0 Å². The molecule has 0 saturated carbocycles. The SMILES string of the molecule is CC1=NN(C(=O)N[C@@H](C)c2ccccc2)C(C)=NN1C(=O)N[C@@H](C)c1ccccc1. The Morgan fingerprint density at radius 2 is 1.03 bits per heavy atom. The van der Waals surface area contributed by atoms with Crippen LogP contribution in [-0.2, 0) is 0 Å². The van der Waals surface area contributed by atoms with Gasteiger partial charge in [0.25, 0.3) is 0 Å². The molecular formula is C22H26N6O2. The van der Waals surface area contributed by atoms with E-state index in [0.717, 1.165) is 11.1 Å². The van der Waals surface area contributed by atoms with Gasteiger partial charge in [0, 0.05) is 0 Å². The van der Waals surface area contributed by atoms with E-state index in [1.54, 1.807) is 13.8 Å². The molecule has 1 aliphatic rings. The molecule has 4 amide bonds. The third kappa shape index (κ3) is 4.83. The van der Waals surface area contributed by atoms with Crippen LogP contribution in [0, 0.1) is 0 Å². The number of hydrazone groups is 2. The lowest BCUT2D eigenvalue weighted by Crippen LogP contribution is -2.49. The fourth-order valence-electron chi connectivity index (χ4n) is 3.05. The van der Waals surface area contributed by atoms with E-state index >= 15 is 0 Å². The highest BCUT2D eigenvalue weighted by molar-refractivity contribution is 6.04. The number of nitrogens with one attached hydrogen (secondary N) is 2. The molecule has 0 unspecified atom stereocenters. The lowest BCUT2D eigenvalue weighted by atomic mass is 10.1. The molecule has 0 aliphatic carbocycles. The van der Waals surface area contributed by atoms with Crippen LogP contribution in [-0.4, -0.2) is 33.8 Å². The molecule has 2 aromatic rings. The van der Waals surface area contributed by atoms with Gasteiger partial charge in [-0.15, -0.1) is 10.2 Å². The summed E-state index contributed by atoms with van der Waals surface area (Å²) in [6.07, 6.45) is 0. The smallest absolute Gasteiger partial charge is 0.330 e. The lowest BCUT2D eigenvalue weighted by molar-refractivity contribution is 0.206. The molecule has 2 N–H and O–H groups in total. The van der Waals surface area contributed by atoms with E-state index in [9.17, 15) is 9.59 Å². The molecular weight excluding hydrogens is 380 g/mol. The molecule has 0 saturated heterocycles. The zero-order valence-electron chi connectivity index (χ0n) is 17.5. The summed E-state index contributed by atoms with van der Waals surface area (Å²) in [4.78, 5) is 25.4. The summed E-state index contributed by atoms with van der Waals surface area (Å²) in [5, 5.41) is 16.7. The number of hydrogen-bond donors (Lipinski definition) is 2. The molecule has 8 heteroatoms. The zero-order valence-corrected chi connectivity index (χ0v) is 17.5. The Morgan fingerprint density at radius 1 is 0.700 bits per heavy atom. The van der Waals surface area contributed by atoms with Crippen molar-refractivity contribution in [1.29, 1.82) is 0 Å². The van der Waals surface area contributed by atoms with Gasteiger partial charge in [-0.25, -0.2) is 9.59 Å². The Kier molecular flexibility index (Phi) is 6.46. The van der Waals surface area contributed by atoms with Crippen LogP contribution in [0.3, 0.4) is 0 Å². The van der Waals surface area contributed by atoms with Crippen molar-refractivity contribution in [3.63, 3.8) is 0 Å². The van der Waals surface area contributed by atoms with Crippen LogP contribution < -0.4 is 10.6 Å². The van der Waals surface area contributed by atoms with Crippen LogP contribution in [0.2, 0.25) is 0 Å². The van der Waals surface area contributed by atoms with E-state index in [-0.39, 0.29) is 12.1 Å². The number of rotatable bonds is 4. The van der Waals surface area contributed by atoms with Gasteiger partial charge >= 0.3 is 12.1 Å². The maximum atomic E-state index is 12.7. The standard InChI is InChI=1S/C22H26N6O2/c1-15(19-11-7-5-8-12-19)23-21(29)27-17(3)26-28(18(4)25-27)22(30)24-16(2)20-13-9-6-10-14-20/h5-16H,1-4H3,(H,23,29)(H,24,30)/t15-,16-/m0/s1. The largest absolute Gasteiger partial charge is 0.344 e. The van der Waals surface area contributed by atoms with Crippen LogP contribution in [0.5, 0.6) is 0 Å². The first-order chi connectivity index (χ1) is 14.4. The summed E-state index contributed by atoms with van der Waals surface area (Å²) in [6, 6.07) is 18.1. The Balaban J connectivity index is 1.65. The number of carbonyl (C=O) groups is 2. The molecule has 30 heavy (non-hydrogen) atoms. The normalized spacial score (nSPS) is 15.6. The summed E-state index contributed by atoms with van der Waals surface area (Å²) in [6.45, 7) is 7.04. The summed E-state index contributed by atoms with van der Waals surface area (Å²) >= 11 is 0. The molecule has 0 aromatic heterocycles. The van der Waals surface area contributed by atoms with Gasteiger partial charge in [0.2, 0.25) is 0 Å². The molecule has 1 aliphatic heterocycles. The van der Waals surface area contributed by atoms with E-state index in [1.807, 2.05) is 74.5 Å². The molecule has 156 valence electrons. The minimum absolute atomic E-state index is 0.199. The first kappa shape index (κ1) is 21.0. The van der Waals surface area contributed by atoms with Crippen molar-refractivity contribution in [2.75, 3.05) is 0 Å². The van der Waals surface area contributed by atoms with Gasteiger partial charge < -0.3 is 10.6 Å². The fraction of sp³-hybridized carbons (Fsp3) is 0.273. The van der Waals surface area contributed by atoms with Crippen LogP contribution in [0.4, 0.5) is 9.59 Å². The van der Waals surface area contributed by atoms with Gasteiger partial charge in [-0.1, -0.05) is 60.7 Å². The highest BCUT2D eigenvalue weighted by Crippen LogP contribution is 2.16. The van der Waals surface area contributed by atoms with Crippen LogP contribution in [0.1, 0.15) is 50.9 Å². The molecule has 3 rings (SSSR count). The number of benzene rings is 2. The van der Waals surface area contributed by atoms with E-state index in [4.69, 9.17) is 0 Å². The molecule has 2 aromatic carbocycles. The predicted octanol–water partition coefficient (Wildman–Crippen LogP) is 4.21. The maximum absolute atomic E-state index is 12.7. The van der Waals surface area contributed by atoms with Gasteiger partial charge in [-0.2, -0.15) is 10.0 Å². The predicted molar refractivity (Wildman–Crippen MR) is 117 cm³/mol. The summed E-state index contributed by atoms with van der Waals surface area (Å²) in [7, 11) is 0. The van der Waals surface area contributed by atoms with Crippen molar-refractivity contribution in [3.8, 4) is 0 Å². The second kappa shape index (κ2) is 9.21. The quantitative estimate of drug-likeness (QED) is 0.796. The average molecular weight is 406 g/mol. The fourth-order valence-corrected chi connectivity index (χ4v) is 3.05. The average Bonchev–Trinajstić information content (AvgIpc) is 2.76. The molecule has 0 spiro atoms. The zero-order chi connectivity index (χ0) is 21.7. The van der Waals surface area contributed by atoms with Crippen molar-refractivity contribution in [2.24, 2.45) is 10.2 Å². The molecule has 0 radical (unpaired) electrons. The van der Waals surface area contributed by atoms with Crippen molar-refractivity contribution < 1.29 is 9.59 Å². The van der Waals surface area contributed by atoms with E-state index in [0.29, 0.717) is 11.7 Å². The molecule has 0 fully saturated rings. The van der Waals surface area contributed by atoms with Crippen molar-refractivity contribution in [2.45, 2.75) is 39.8 Å². The first-order valence-electron chi connectivity index (χ1n) is 9.78. The number of amides is 4. The second-order valence-electron chi connectivity index (χ2n) is 7.08. The molecule has 2 atom stereocenters. The van der Waals surface area contributed by atoms with E-state index < -0.39 is 12.1 Å². The third-order valence-electron chi connectivity index (χ3n) is 4.77. The van der Waals surface area contributed by atoms with Gasteiger partial charge in [0.1, 0.15) is 0 Å². The Hall–Kier alpha value is -3.68. The van der Waals surface area contributed by atoms with Crippen LogP contribution >= 0.6 is 0 Å². The minimum atomic E-state index is -0.412. The second-order valence-corrected chi connectivity index (χ2v) is 7.08. The Labute approximate surface area is 176 Å². The van der Waals surface area contributed by atoms with Gasteiger partial charge in [0.15, 0.2) is 11.7 Å². The number of hydrogen-bond acceptors (Lipinski definition) is 4. The van der Waals surface area contributed by atoms with Crippen LogP contribution in [0.15, 0.2) is 70.9 Å². The van der Waals surface area contributed by atoms with Gasteiger partial charge in [-0.05, 0) is 38.8 Å². The molecule has 1 heterocycles. The molecule has 8 nitrogen and oxygen atoms in total. The van der Waals surface area contributed by atoms with Crippen molar-refractivity contribution in [1.82, 2.24) is 20.7 Å². The third-order valence-corrected chi connectivity index (χ3v) is 4.77. The minimum Gasteiger partial charge on any atom is -0.330 e. The summed E-state index contributed by atoms with van der Waals surface area (Å²) in [5.41, 5.74) is 1.96. The number of nitrogens with zero attached hydrogens (tertiary/aromatic N) is 4. The number of carbonyl (C=O) groups excluding carboxylic acids is 2. The topological polar surface area (TPSA) is 89.4 Å². The molecule has 0 bridgehead atoms. The Bertz CT molecular complexity index is 879. The summed E-state index contributed by atoms with van der Waals surface area (Å²) < 4.78 is 0. The maximum Gasteiger partial charge on any atom is 0.344 e. The van der Waals surface area contributed by atoms with E-state index in [2.05, 4.69) is 20.8 Å². The van der Waals surface area contributed by atoms with Crippen LogP contribution in [0.25, 0.3) is 0 Å². The Morgan fingerprint density at radius 3 is 1.37 bits per heavy atom. The lowest BCUT2D eigenvalue weighted by Gasteiger charge is -2.29. The van der Waals surface area contributed by atoms with Crippen molar-refractivity contribution >= 4 is 23.7 Å². The first-order valence-corrected chi connectivity index (χ1v) is 9.78. The number of urea groups is 2. The monoisotopic (exact) mass is 406 g/mol.